The minimum atomic E-state index is 0.676. The van der Waals surface area contributed by atoms with Crippen LogP contribution in [-0.2, 0) is 0 Å². The molecular weight excluding hydrogens is 96.1 g/mol. The maximum absolute atomic E-state index is 3.26. The fourth-order valence-electron chi connectivity index (χ4n) is 0.483. The fourth-order valence-corrected chi connectivity index (χ4v) is 0.483. The van der Waals surface area contributed by atoms with Crippen LogP contribution in [0.15, 0.2) is 5.57 Å². The van der Waals surface area contributed by atoms with Crippen LogP contribution in [0.4, 0.5) is 0 Å². The van der Waals surface area contributed by atoms with Crippen LogP contribution in [0.5, 0.6) is 0 Å². The number of allylic oxidation sites excluding steroid dienone is 2. The molecule has 47 valence electrons. The molecule has 0 atom stereocenters. The minimum Gasteiger partial charge on any atom is -0.0673 e. The quantitative estimate of drug-likeness (QED) is 0.514. The predicted octanol–water partition coefficient (Wildman–Crippen LogP) is 2.80. The molecule has 0 aliphatic carbocycles. The highest BCUT2D eigenvalue weighted by Crippen LogP contribution is 2.06. The molecule has 1 radical (unpaired) electrons. The highest BCUT2D eigenvalue weighted by Gasteiger charge is 1.92. The van der Waals surface area contributed by atoms with E-state index in [4.69, 9.17) is 0 Å². The molecule has 0 nitrogen and oxygen atoms in total. The molecule has 0 aromatic rings. The first-order chi connectivity index (χ1) is 3.68. The van der Waals surface area contributed by atoms with E-state index >= 15 is 0 Å². The summed E-state index contributed by atoms with van der Waals surface area (Å²) in [6.45, 7) is 8.63. The summed E-state index contributed by atoms with van der Waals surface area (Å²) in [6, 6.07) is 0. The van der Waals surface area contributed by atoms with E-state index in [0.29, 0.717) is 5.92 Å². The molecule has 0 fully saturated rings. The van der Waals surface area contributed by atoms with Crippen LogP contribution in [0.1, 0.15) is 34.1 Å². The third-order valence-electron chi connectivity index (χ3n) is 1.32. The molecule has 8 heavy (non-hydrogen) atoms. The van der Waals surface area contributed by atoms with E-state index in [1.807, 2.05) is 0 Å². The summed E-state index contributed by atoms with van der Waals surface area (Å²) in [5.74, 6) is 0.676. The van der Waals surface area contributed by atoms with E-state index in [2.05, 4.69) is 33.8 Å². The Morgan fingerprint density at radius 2 is 2.00 bits per heavy atom. The SMILES string of the molecule is CC[C]=C(C)C(C)C. The monoisotopic (exact) mass is 111 g/mol. The van der Waals surface area contributed by atoms with Gasteiger partial charge in [-0.25, -0.2) is 0 Å². The first-order valence-electron chi connectivity index (χ1n) is 3.25. The predicted molar refractivity (Wildman–Crippen MR) is 37.6 cm³/mol. The van der Waals surface area contributed by atoms with Gasteiger partial charge in [0.2, 0.25) is 0 Å². The van der Waals surface area contributed by atoms with Crippen LogP contribution in [0.2, 0.25) is 0 Å². The van der Waals surface area contributed by atoms with Crippen LogP contribution in [0.25, 0.3) is 0 Å². The smallest absolute Gasteiger partial charge is 0.0257 e. The molecule has 0 heteroatoms. The second-order valence-corrected chi connectivity index (χ2v) is 2.37. The Hall–Kier alpha value is -0.260. The molecule has 0 rings (SSSR count). The average molecular weight is 111 g/mol. The first kappa shape index (κ1) is 7.74. The Kier molecular flexibility index (Phi) is 3.59. The van der Waals surface area contributed by atoms with Crippen LogP contribution >= 0.6 is 0 Å². The summed E-state index contributed by atoms with van der Waals surface area (Å²) in [6.07, 6.45) is 4.31. The molecule has 0 spiro atoms. The lowest BCUT2D eigenvalue weighted by Gasteiger charge is -2.01. The summed E-state index contributed by atoms with van der Waals surface area (Å²) < 4.78 is 0. The summed E-state index contributed by atoms with van der Waals surface area (Å²) in [5, 5.41) is 0. The minimum absolute atomic E-state index is 0.676. The van der Waals surface area contributed by atoms with Crippen molar-refractivity contribution in [1.29, 1.82) is 0 Å². The van der Waals surface area contributed by atoms with Crippen LogP contribution < -0.4 is 0 Å². The number of hydrogen-bond donors (Lipinski definition) is 0. The molecule has 0 N–H and O–H groups in total. The van der Waals surface area contributed by atoms with Gasteiger partial charge in [0, 0.05) is 0 Å². The van der Waals surface area contributed by atoms with Crippen molar-refractivity contribution in [2.24, 2.45) is 5.92 Å². The van der Waals surface area contributed by atoms with Gasteiger partial charge in [-0.3, -0.25) is 0 Å². The molecular formula is C8H15. The zero-order valence-corrected chi connectivity index (χ0v) is 6.28. The van der Waals surface area contributed by atoms with Gasteiger partial charge in [0.1, 0.15) is 0 Å². The van der Waals surface area contributed by atoms with E-state index in [0.717, 1.165) is 6.42 Å². The highest BCUT2D eigenvalue weighted by atomic mass is 14.0. The van der Waals surface area contributed by atoms with Crippen molar-refractivity contribution < 1.29 is 0 Å². The zero-order valence-electron chi connectivity index (χ0n) is 6.28. The van der Waals surface area contributed by atoms with E-state index in [-0.39, 0.29) is 0 Å². The molecule has 0 unspecified atom stereocenters. The summed E-state index contributed by atoms with van der Waals surface area (Å²) in [4.78, 5) is 0. The maximum atomic E-state index is 3.26. The van der Waals surface area contributed by atoms with Gasteiger partial charge in [-0.15, -0.1) is 0 Å². The molecule has 0 aliphatic heterocycles. The molecule has 0 aliphatic rings. The molecule has 0 saturated carbocycles. The number of rotatable bonds is 2. The molecule has 0 amide bonds. The normalized spacial score (nSPS) is 12.9. The van der Waals surface area contributed by atoms with Crippen LogP contribution in [-0.4, -0.2) is 0 Å². The molecule has 0 aromatic carbocycles. The lowest BCUT2D eigenvalue weighted by atomic mass is 10.0. The van der Waals surface area contributed by atoms with Crippen LogP contribution in [0, 0.1) is 12.0 Å². The standard InChI is InChI=1S/C8H15/c1-5-6-8(4)7(2)3/h7H,5H2,1-4H3. The Morgan fingerprint density at radius 1 is 1.50 bits per heavy atom. The Bertz CT molecular complexity index is 78.0. The van der Waals surface area contributed by atoms with Crippen molar-refractivity contribution in [1.82, 2.24) is 0 Å². The summed E-state index contributed by atoms with van der Waals surface area (Å²) in [7, 11) is 0. The molecule has 0 aromatic heterocycles. The van der Waals surface area contributed by atoms with Gasteiger partial charge in [-0.05, 0) is 25.3 Å². The van der Waals surface area contributed by atoms with E-state index < -0.39 is 0 Å². The van der Waals surface area contributed by atoms with E-state index in [1.54, 1.807) is 0 Å². The highest BCUT2D eigenvalue weighted by molar-refractivity contribution is 4.94. The van der Waals surface area contributed by atoms with Crippen molar-refractivity contribution in [3.8, 4) is 0 Å². The lowest BCUT2D eigenvalue weighted by Crippen LogP contribution is -1.87. The largest absolute Gasteiger partial charge is 0.0673 e. The van der Waals surface area contributed by atoms with Gasteiger partial charge in [0.25, 0.3) is 0 Å². The van der Waals surface area contributed by atoms with E-state index in [9.17, 15) is 0 Å². The van der Waals surface area contributed by atoms with Crippen molar-refractivity contribution in [2.45, 2.75) is 34.1 Å². The van der Waals surface area contributed by atoms with Gasteiger partial charge in [0.05, 0.1) is 0 Å². The Morgan fingerprint density at radius 3 is 2.12 bits per heavy atom. The van der Waals surface area contributed by atoms with Gasteiger partial charge in [-0.2, -0.15) is 0 Å². The average Bonchev–Trinajstić information content (AvgIpc) is 1.67. The third-order valence-corrected chi connectivity index (χ3v) is 1.32. The fraction of sp³-hybridized carbons (Fsp3) is 0.750. The molecule has 0 bridgehead atoms. The van der Waals surface area contributed by atoms with E-state index in [1.165, 1.54) is 5.57 Å². The third kappa shape index (κ3) is 2.84. The summed E-state index contributed by atoms with van der Waals surface area (Å²) >= 11 is 0. The molecule has 0 heterocycles. The number of hydrogen-bond acceptors (Lipinski definition) is 0. The van der Waals surface area contributed by atoms with Gasteiger partial charge in [0.15, 0.2) is 0 Å². The second kappa shape index (κ2) is 3.71. The van der Waals surface area contributed by atoms with Crippen LogP contribution in [0.3, 0.4) is 0 Å². The van der Waals surface area contributed by atoms with Crippen molar-refractivity contribution in [2.75, 3.05) is 0 Å². The topological polar surface area (TPSA) is 0 Å². The van der Waals surface area contributed by atoms with Gasteiger partial charge in [-0.1, -0.05) is 26.3 Å². The zero-order chi connectivity index (χ0) is 6.57. The lowest BCUT2D eigenvalue weighted by molar-refractivity contribution is 0.757. The van der Waals surface area contributed by atoms with Crippen molar-refractivity contribution in [3.05, 3.63) is 11.6 Å². The first-order valence-corrected chi connectivity index (χ1v) is 3.25. The van der Waals surface area contributed by atoms with Gasteiger partial charge >= 0.3 is 0 Å². The Balaban J connectivity index is 3.61. The van der Waals surface area contributed by atoms with Gasteiger partial charge < -0.3 is 0 Å². The Labute approximate surface area is 52.6 Å². The second-order valence-electron chi connectivity index (χ2n) is 2.37. The molecule has 0 saturated heterocycles. The van der Waals surface area contributed by atoms with Crippen molar-refractivity contribution >= 4 is 0 Å². The maximum Gasteiger partial charge on any atom is -0.0257 e. The van der Waals surface area contributed by atoms with Crippen molar-refractivity contribution in [3.63, 3.8) is 0 Å². The summed E-state index contributed by atoms with van der Waals surface area (Å²) in [5.41, 5.74) is 1.38.